The molecule has 0 N–H and O–H groups in total. The normalized spacial score (nSPS) is 18.1. The zero-order valence-electron chi connectivity index (χ0n) is 15.2. The van der Waals surface area contributed by atoms with Crippen LogP contribution in [0.15, 0.2) is 0 Å². The number of nitrogens with zero attached hydrogens (tertiary/aromatic N) is 2. The van der Waals surface area contributed by atoms with Crippen molar-refractivity contribution in [1.82, 2.24) is 9.80 Å². The van der Waals surface area contributed by atoms with Crippen molar-refractivity contribution in [3.63, 3.8) is 0 Å². The van der Waals surface area contributed by atoms with E-state index in [1.54, 1.807) is 0 Å². The largest absolute Gasteiger partial charge is 0.340 e. The molecule has 0 saturated carbocycles. The van der Waals surface area contributed by atoms with Crippen molar-refractivity contribution in [2.24, 2.45) is 10.8 Å². The number of hydrogen-bond acceptors (Lipinski definition) is 2. The van der Waals surface area contributed by atoms with E-state index in [0.717, 1.165) is 32.6 Å². The molecule has 0 spiro atoms. The summed E-state index contributed by atoms with van der Waals surface area (Å²) in [7, 11) is 0. The molecule has 1 aliphatic heterocycles. The molecule has 0 aromatic rings. The Kier molecular flexibility index (Phi) is 6.71. The van der Waals surface area contributed by atoms with Gasteiger partial charge < -0.3 is 4.90 Å². The van der Waals surface area contributed by atoms with E-state index in [4.69, 9.17) is 0 Å². The smallest absolute Gasteiger partial charge is 0.222 e. The van der Waals surface area contributed by atoms with Crippen LogP contribution in [0.25, 0.3) is 0 Å². The summed E-state index contributed by atoms with van der Waals surface area (Å²) < 4.78 is 0. The summed E-state index contributed by atoms with van der Waals surface area (Å²) in [5.41, 5.74) is 0.690. The fourth-order valence-electron chi connectivity index (χ4n) is 2.69. The highest BCUT2D eigenvalue weighted by Crippen LogP contribution is 2.22. The number of amides is 1. The molecule has 21 heavy (non-hydrogen) atoms. The standard InChI is InChI=1S/C18H36N2O/c1-17(2,3)9-7-11-19-12-14-20(15-13-19)16(21)8-10-18(4,5)6/h7-15H2,1-6H3. The summed E-state index contributed by atoms with van der Waals surface area (Å²) in [6.45, 7) is 18.6. The molecule has 1 saturated heterocycles. The van der Waals surface area contributed by atoms with Crippen molar-refractivity contribution in [2.75, 3.05) is 32.7 Å². The van der Waals surface area contributed by atoms with Crippen LogP contribution in [0.5, 0.6) is 0 Å². The molecule has 0 atom stereocenters. The minimum atomic E-state index is 0.254. The van der Waals surface area contributed by atoms with Crippen molar-refractivity contribution < 1.29 is 4.79 Å². The van der Waals surface area contributed by atoms with Gasteiger partial charge in [0.1, 0.15) is 0 Å². The van der Waals surface area contributed by atoms with E-state index in [1.807, 2.05) is 0 Å². The molecule has 0 aromatic heterocycles. The van der Waals surface area contributed by atoms with Gasteiger partial charge in [0.15, 0.2) is 0 Å². The molecule has 0 unspecified atom stereocenters. The van der Waals surface area contributed by atoms with Crippen LogP contribution in [0.2, 0.25) is 0 Å². The van der Waals surface area contributed by atoms with Gasteiger partial charge in [-0.2, -0.15) is 0 Å². The first-order valence-electron chi connectivity index (χ1n) is 8.57. The Morgan fingerprint density at radius 1 is 0.857 bits per heavy atom. The maximum Gasteiger partial charge on any atom is 0.222 e. The van der Waals surface area contributed by atoms with Gasteiger partial charge in [0.05, 0.1) is 0 Å². The lowest BCUT2D eigenvalue weighted by Gasteiger charge is -2.35. The van der Waals surface area contributed by atoms with Crippen molar-refractivity contribution in [1.29, 1.82) is 0 Å². The first-order valence-corrected chi connectivity index (χ1v) is 8.57. The van der Waals surface area contributed by atoms with E-state index in [-0.39, 0.29) is 5.41 Å². The zero-order valence-corrected chi connectivity index (χ0v) is 15.2. The number of rotatable bonds is 5. The maximum absolute atomic E-state index is 12.2. The summed E-state index contributed by atoms with van der Waals surface area (Å²) in [6.07, 6.45) is 4.23. The van der Waals surface area contributed by atoms with Gasteiger partial charge in [-0.25, -0.2) is 0 Å². The fraction of sp³-hybridized carbons (Fsp3) is 0.944. The van der Waals surface area contributed by atoms with Crippen LogP contribution in [0, 0.1) is 10.8 Å². The van der Waals surface area contributed by atoms with Gasteiger partial charge >= 0.3 is 0 Å². The fourth-order valence-corrected chi connectivity index (χ4v) is 2.69. The number of piperazine rings is 1. The molecule has 1 rings (SSSR count). The van der Waals surface area contributed by atoms with Crippen LogP contribution in [0.4, 0.5) is 0 Å². The molecule has 0 aliphatic carbocycles. The predicted molar refractivity (Wildman–Crippen MR) is 90.4 cm³/mol. The Morgan fingerprint density at radius 2 is 1.38 bits per heavy atom. The molecule has 124 valence electrons. The van der Waals surface area contributed by atoms with Crippen molar-refractivity contribution >= 4 is 5.91 Å². The molecule has 0 aromatic carbocycles. The SMILES string of the molecule is CC(C)(C)CCCN1CCN(C(=O)CCC(C)(C)C)CC1. The van der Waals surface area contributed by atoms with E-state index in [2.05, 4.69) is 51.3 Å². The first-order chi connectivity index (χ1) is 9.57. The lowest BCUT2D eigenvalue weighted by Crippen LogP contribution is -2.49. The van der Waals surface area contributed by atoms with Crippen LogP contribution in [0.3, 0.4) is 0 Å². The van der Waals surface area contributed by atoms with E-state index < -0.39 is 0 Å². The van der Waals surface area contributed by atoms with E-state index in [9.17, 15) is 4.79 Å². The maximum atomic E-state index is 12.2. The Bertz CT molecular complexity index is 317. The molecule has 1 fully saturated rings. The van der Waals surface area contributed by atoms with Gasteiger partial charge in [-0.3, -0.25) is 9.69 Å². The summed E-state index contributed by atoms with van der Waals surface area (Å²) in [4.78, 5) is 16.8. The quantitative estimate of drug-likeness (QED) is 0.771. The molecule has 1 aliphatic rings. The van der Waals surface area contributed by atoms with Crippen molar-refractivity contribution in [2.45, 2.75) is 67.2 Å². The highest BCUT2D eigenvalue weighted by Gasteiger charge is 2.22. The van der Waals surface area contributed by atoms with Gasteiger partial charge in [0.2, 0.25) is 5.91 Å². The van der Waals surface area contributed by atoms with Gasteiger partial charge in [0, 0.05) is 32.6 Å². The van der Waals surface area contributed by atoms with Gasteiger partial charge in [-0.1, -0.05) is 41.5 Å². The summed E-state index contributed by atoms with van der Waals surface area (Å²) in [5, 5.41) is 0. The Balaban J connectivity index is 2.21. The molecule has 3 heteroatoms. The van der Waals surface area contributed by atoms with Crippen LogP contribution in [-0.2, 0) is 4.79 Å². The molecule has 0 radical (unpaired) electrons. The average molecular weight is 296 g/mol. The number of carbonyl (C=O) groups is 1. The highest BCUT2D eigenvalue weighted by atomic mass is 16.2. The van der Waals surface area contributed by atoms with Gasteiger partial charge in [0.25, 0.3) is 0 Å². The third-order valence-electron chi connectivity index (χ3n) is 4.21. The minimum absolute atomic E-state index is 0.254. The van der Waals surface area contributed by atoms with Gasteiger partial charge in [-0.15, -0.1) is 0 Å². The first kappa shape index (κ1) is 18.5. The van der Waals surface area contributed by atoms with E-state index in [1.165, 1.54) is 19.4 Å². The second-order valence-electron chi connectivity index (χ2n) is 8.95. The van der Waals surface area contributed by atoms with Crippen LogP contribution in [-0.4, -0.2) is 48.4 Å². The second kappa shape index (κ2) is 7.62. The Hall–Kier alpha value is -0.570. The van der Waals surface area contributed by atoms with Gasteiger partial charge in [-0.05, 0) is 36.6 Å². The molecule has 1 heterocycles. The van der Waals surface area contributed by atoms with Crippen LogP contribution in [0.1, 0.15) is 67.2 Å². The topological polar surface area (TPSA) is 23.6 Å². The third-order valence-corrected chi connectivity index (χ3v) is 4.21. The summed E-state index contributed by atoms with van der Waals surface area (Å²) >= 11 is 0. The molecule has 0 bridgehead atoms. The Morgan fingerprint density at radius 3 is 1.86 bits per heavy atom. The van der Waals surface area contributed by atoms with Crippen LogP contribution >= 0.6 is 0 Å². The molecule has 3 nitrogen and oxygen atoms in total. The van der Waals surface area contributed by atoms with Crippen molar-refractivity contribution in [3.05, 3.63) is 0 Å². The minimum Gasteiger partial charge on any atom is -0.340 e. The van der Waals surface area contributed by atoms with E-state index >= 15 is 0 Å². The highest BCUT2D eigenvalue weighted by molar-refractivity contribution is 5.76. The lowest BCUT2D eigenvalue weighted by atomic mass is 9.90. The molecule has 1 amide bonds. The molecular weight excluding hydrogens is 260 g/mol. The van der Waals surface area contributed by atoms with E-state index in [0.29, 0.717) is 17.7 Å². The molecular formula is C18H36N2O. The summed E-state index contributed by atoms with van der Waals surface area (Å²) in [6, 6.07) is 0. The third kappa shape index (κ3) is 8.45. The van der Waals surface area contributed by atoms with Crippen molar-refractivity contribution in [3.8, 4) is 0 Å². The Labute approximate surface area is 132 Å². The van der Waals surface area contributed by atoms with Crippen LogP contribution < -0.4 is 0 Å². The number of hydrogen-bond donors (Lipinski definition) is 0. The predicted octanol–water partition coefficient (Wildman–Crippen LogP) is 3.78. The number of carbonyl (C=O) groups excluding carboxylic acids is 1. The monoisotopic (exact) mass is 296 g/mol. The summed E-state index contributed by atoms with van der Waals surface area (Å²) in [5.74, 6) is 0.347. The second-order valence-corrected chi connectivity index (χ2v) is 8.95. The lowest BCUT2D eigenvalue weighted by molar-refractivity contribution is -0.133. The zero-order chi connectivity index (χ0) is 16.1. The average Bonchev–Trinajstić information content (AvgIpc) is 2.34.